The van der Waals surface area contributed by atoms with Crippen molar-refractivity contribution in [1.82, 2.24) is 0 Å². The zero-order valence-corrected chi connectivity index (χ0v) is 10.4. The SMILES string of the molecule is FC(F)(F)C(F)(F)C(F)(F)C(F)(F)C(F)(F)C(F)(F)C1OCOO1. The Kier molecular flexibility index (Phi) is 4.80. The van der Waals surface area contributed by atoms with Crippen molar-refractivity contribution in [1.29, 1.82) is 0 Å². The smallest absolute Gasteiger partial charge is 0.315 e. The van der Waals surface area contributed by atoms with Gasteiger partial charge in [-0.3, -0.25) is 0 Å². The summed E-state index contributed by atoms with van der Waals surface area (Å²) in [6.45, 7) is -1.36. The lowest BCUT2D eigenvalue weighted by Crippen LogP contribution is -2.71. The van der Waals surface area contributed by atoms with E-state index in [2.05, 4.69) is 14.5 Å². The third-order valence-electron chi connectivity index (χ3n) is 2.68. The molecule has 0 radical (unpaired) electrons. The highest BCUT2D eigenvalue weighted by Crippen LogP contribution is 2.61. The normalized spacial score (nSPS) is 22.1. The van der Waals surface area contributed by atoms with E-state index in [-0.39, 0.29) is 0 Å². The van der Waals surface area contributed by atoms with E-state index in [4.69, 9.17) is 0 Å². The quantitative estimate of drug-likeness (QED) is 0.522. The molecule has 0 aromatic carbocycles. The fourth-order valence-corrected chi connectivity index (χ4v) is 1.30. The van der Waals surface area contributed by atoms with Crippen LogP contribution in [0.3, 0.4) is 0 Å². The molecular weight excluding hydrogens is 391 g/mol. The van der Waals surface area contributed by atoms with Gasteiger partial charge >= 0.3 is 35.8 Å². The first kappa shape index (κ1) is 21.0. The topological polar surface area (TPSA) is 27.7 Å². The van der Waals surface area contributed by atoms with Crippen molar-refractivity contribution >= 4 is 0 Å². The summed E-state index contributed by atoms with van der Waals surface area (Å²) in [4.78, 5) is 6.69. The lowest BCUT2D eigenvalue weighted by Gasteiger charge is -2.40. The fraction of sp³-hybridized carbons (Fsp3) is 1.00. The average Bonchev–Trinajstić information content (AvgIpc) is 2.90. The summed E-state index contributed by atoms with van der Waals surface area (Å²) in [6, 6.07) is 0. The van der Waals surface area contributed by atoms with Crippen LogP contribution in [0.4, 0.5) is 57.1 Å². The monoisotopic (exact) mass is 394 g/mol. The maximum Gasteiger partial charge on any atom is 0.460 e. The molecule has 0 saturated carbocycles. The number of halogens is 13. The molecule has 0 spiro atoms. The van der Waals surface area contributed by atoms with Crippen LogP contribution in [0.15, 0.2) is 0 Å². The molecule has 0 aromatic rings. The molecule has 1 unspecified atom stereocenters. The van der Waals surface area contributed by atoms with Gasteiger partial charge in [-0.2, -0.15) is 62.0 Å². The van der Waals surface area contributed by atoms with Gasteiger partial charge in [0, 0.05) is 0 Å². The molecule has 0 bridgehead atoms. The highest BCUT2D eigenvalue weighted by molar-refractivity contribution is 5.10. The Balaban J connectivity index is 3.39. The van der Waals surface area contributed by atoms with Crippen molar-refractivity contribution in [2.75, 3.05) is 6.79 Å². The van der Waals surface area contributed by atoms with E-state index in [1.165, 1.54) is 0 Å². The van der Waals surface area contributed by atoms with E-state index in [0.717, 1.165) is 0 Å². The number of ether oxygens (including phenoxy) is 1. The van der Waals surface area contributed by atoms with Crippen LogP contribution in [0, 0.1) is 0 Å². The van der Waals surface area contributed by atoms with Gasteiger partial charge in [0.15, 0.2) is 6.79 Å². The average molecular weight is 394 g/mol. The summed E-state index contributed by atoms with van der Waals surface area (Å²) in [5.41, 5.74) is 0. The molecule has 1 heterocycles. The Bertz CT molecular complexity index is 464. The standard InChI is InChI=1S/C8H3F13O3/c9-3(10,2-22-1-23-24-2)4(11,12)5(13,14)6(15,16)7(17,18)8(19,20)21/h2H,1H2. The first-order valence-corrected chi connectivity index (χ1v) is 5.21. The Morgan fingerprint density at radius 3 is 1.33 bits per heavy atom. The third-order valence-corrected chi connectivity index (χ3v) is 2.68. The first-order chi connectivity index (χ1) is 10.4. The molecule has 3 nitrogen and oxygen atoms in total. The van der Waals surface area contributed by atoms with Crippen LogP contribution in [-0.2, 0) is 14.5 Å². The zero-order chi connectivity index (χ0) is 19.4. The van der Waals surface area contributed by atoms with E-state index in [1.807, 2.05) is 0 Å². The molecule has 1 saturated heterocycles. The molecule has 24 heavy (non-hydrogen) atoms. The van der Waals surface area contributed by atoms with Crippen LogP contribution in [0.5, 0.6) is 0 Å². The van der Waals surface area contributed by atoms with E-state index in [0.29, 0.717) is 0 Å². The molecule has 1 aliphatic rings. The fourth-order valence-electron chi connectivity index (χ4n) is 1.30. The van der Waals surface area contributed by atoms with E-state index in [1.54, 1.807) is 0 Å². The molecule has 0 aromatic heterocycles. The number of hydrogen-bond acceptors (Lipinski definition) is 3. The molecule has 0 aliphatic carbocycles. The minimum Gasteiger partial charge on any atom is -0.315 e. The number of alkyl halides is 13. The number of rotatable bonds is 5. The number of hydrogen-bond donors (Lipinski definition) is 0. The van der Waals surface area contributed by atoms with Crippen molar-refractivity contribution in [2.45, 2.75) is 42.1 Å². The molecular formula is C8H3F13O3. The van der Waals surface area contributed by atoms with Crippen molar-refractivity contribution in [3.8, 4) is 0 Å². The third kappa shape index (κ3) is 2.58. The molecule has 0 amide bonds. The molecule has 1 rings (SSSR count). The van der Waals surface area contributed by atoms with Crippen LogP contribution in [0.1, 0.15) is 0 Å². The van der Waals surface area contributed by atoms with Crippen molar-refractivity contribution in [3.05, 3.63) is 0 Å². The lowest BCUT2D eigenvalue weighted by molar-refractivity contribution is -0.455. The van der Waals surface area contributed by atoms with E-state index < -0.39 is 48.9 Å². The maximum absolute atomic E-state index is 13.2. The zero-order valence-electron chi connectivity index (χ0n) is 10.4. The van der Waals surface area contributed by atoms with Gasteiger partial charge in [-0.15, -0.1) is 0 Å². The summed E-state index contributed by atoms with van der Waals surface area (Å²) >= 11 is 0. The van der Waals surface area contributed by atoms with Gasteiger partial charge < -0.3 is 4.74 Å². The molecule has 1 fully saturated rings. The second kappa shape index (κ2) is 5.48. The van der Waals surface area contributed by atoms with Gasteiger partial charge in [-0.1, -0.05) is 0 Å². The summed E-state index contributed by atoms with van der Waals surface area (Å²) in [5.74, 6) is -37.5. The van der Waals surface area contributed by atoms with Gasteiger partial charge in [0.1, 0.15) is 0 Å². The van der Waals surface area contributed by atoms with Crippen LogP contribution < -0.4 is 0 Å². The van der Waals surface area contributed by atoms with Crippen LogP contribution >= 0.6 is 0 Å². The van der Waals surface area contributed by atoms with Gasteiger partial charge in [0.25, 0.3) is 6.29 Å². The molecule has 16 heteroatoms. The van der Waals surface area contributed by atoms with Gasteiger partial charge in [0.2, 0.25) is 0 Å². The Labute approximate surface area is 122 Å². The van der Waals surface area contributed by atoms with Gasteiger partial charge in [0.05, 0.1) is 0 Å². The molecule has 0 N–H and O–H groups in total. The summed E-state index contributed by atoms with van der Waals surface area (Å²) in [6.07, 6.45) is -11.2. The van der Waals surface area contributed by atoms with Crippen molar-refractivity contribution in [2.24, 2.45) is 0 Å². The maximum atomic E-state index is 13.2. The molecule has 1 atom stereocenters. The highest BCUT2D eigenvalue weighted by atomic mass is 19.4. The van der Waals surface area contributed by atoms with Crippen LogP contribution in [0.25, 0.3) is 0 Å². The van der Waals surface area contributed by atoms with E-state index >= 15 is 0 Å². The molecule has 144 valence electrons. The van der Waals surface area contributed by atoms with Gasteiger partial charge in [-0.05, 0) is 0 Å². The largest absolute Gasteiger partial charge is 0.460 e. The van der Waals surface area contributed by atoms with Crippen LogP contribution in [0.2, 0.25) is 0 Å². The summed E-state index contributed by atoms with van der Waals surface area (Å²) < 4.78 is 168. The summed E-state index contributed by atoms with van der Waals surface area (Å²) in [7, 11) is 0. The van der Waals surface area contributed by atoms with E-state index in [9.17, 15) is 57.1 Å². The van der Waals surface area contributed by atoms with Gasteiger partial charge in [-0.25, -0.2) is 4.89 Å². The molecule has 1 aliphatic heterocycles. The van der Waals surface area contributed by atoms with Crippen molar-refractivity contribution in [3.63, 3.8) is 0 Å². The second-order valence-electron chi connectivity index (χ2n) is 4.25. The Hall–Kier alpha value is -1.03. The first-order valence-electron chi connectivity index (χ1n) is 5.21. The second-order valence-corrected chi connectivity index (χ2v) is 4.25. The predicted molar refractivity (Wildman–Crippen MR) is 42.7 cm³/mol. The minimum atomic E-state index is -7.95. The van der Waals surface area contributed by atoms with Crippen molar-refractivity contribution < 1.29 is 71.6 Å². The highest BCUT2D eigenvalue weighted by Gasteiger charge is 2.91. The summed E-state index contributed by atoms with van der Waals surface area (Å²) in [5, 5.41) is 0. The predicted octanol–water partition coefficient (Wildman–Crippen LogP) is 3.99. The van der Waals surface area contributed by atoms with Crippen LogP contribution in [-0.4, -0.2) is 48.9 Å². The lowest BCUT2D eigenvalue weighted by atomic mass is 9.93. The minimum absolute atomic E-state index is 1.36. The Morgan fingerprint density at radius 1 is 0.583 bits per heavy atom. The Morgan fingerprint density at radius 2 is 1.00 bits per heavy atom.